The Kier molecular flexibility index (Phi) is 9.49. The molecule has 0 saturated heterocycles. The van der Waals surface area contributed by atoms with Crippen LogP contribution in [0.5, 0.6) is 0 Å². The molecule has 2 aromatic rings. The molecule has 0 radical (unpaired) electrons. The predicted molar refractivity (Wildman–Crippen MR) is 119 cm³/mol. The number of guanidine groups is 1. The molecule has 0 aliphatic carbocycles. The number of hydrogen-bond donors (Lipinski definition) is 2. The number of aromatic nitrogens is 1. The fraction of sp³-hybridized carbons (Fsp3) is 0.474. The van der Waals surface area contributed by atoms with E-state index in [0.29, 0.717) is 25.1 Å². The smallest absolute Gasteiger partial charge is 0.191 e. The zero-order valence-electron chi connectivity index (χ0n) is 15.8. The van der Waals surface area contributed by atoms with Crippen molar-refractivity contribution in [3.63, 3.8) is 0 Å². The molecule has 0 amide bonds. The van der Waals surface area contributed by atoms with Crippen LogP contribution in [0, 0.1) is 5.82 Å². The van der Waals surface area contributed by atoms with Crippen molar-refractivity contribution >= 4 is 41.3 Å². The van der Waals surface area contributed by atoms with Gasteiger partial charge in [0.2, 0.25) is 0 Å². The van der Waals surface area contributed by atoms with Gasteiger partial charge in [-0.1, -0.05) is 39.0 Å². The Morgan fingerprint density at radius 3 is 2.58 bits per heavy atom. The van der Waals surface area contributed by atoms with Gasteiger partial charge >= 0.3 is 0 Å². The van der Waals surface area contributed by atoms with E-state index in [1.165, 1.54) is 6.07 Å². The van der Waals surface area contributed by atoms with Crippen LogP contribution >= 0.6 is 35.3 Å². The number of aliphatic imine (C=N–C) groups is 1. The van der Waals surface area contributed by atoms with Crippen molar-refractivity contribution in [1.82, 2.24) is 15.6 Å². The van der Waals surface area contributed by atoms with Gasteiger partial charge in [0, 0.05) is 23.9 Å². The van der Waals surface area contributed by atoms with E-state index in [1.54, 1.807) is 17.4 Å². The number of rotatable bonds is 6. The summed E-state index contributed by atoms with van der Waals surface area (Å²) in [5.74, 6) is 0.563. The summed E-state index contributed by atoms with van der Waals surface area (Å²) in [6, 6.07) is 6.86. The summed E-state index contributed by atoms with van der Waals surface area (Å²) in [6.07, 6.45) is 0.613. The SMILES string of the molecule is CCNC(=NCc1csc(C(C)(C)C)n1)NCCc1ccccc1F.I. The number of benzene rings is 1. The standard InChI is InChI=1S/C19H27FN4S.HI/c1-5-21-18(22-11-10-14-8-6-7-9-16(14)20)23-12-15-13-25-17(24-15)19(2,3)4;/h6-9,13H,5,10-12H2,1-4H3,(H2,21,22,23);1H. The molecule has 0 unspecified atom stereocenters. The van der Waals surface area contributed by atoms with Gasteiger partial charge in [-0.15, -0.1) is 35.3 Å². The van der Waals surface area contributed by atoms with E-state index >= 15 is 0 Å². The van der Waals surface area contributed by atoms with Gasteiger partial charge in [-0.3, -0.25) is 0 Å². The Bertz CT molecular complexity index is 710. The molecule has 2 N–H and O–H groups in total. The molecule has 1 heterocycles. The molecular weight excluding hydrogens is 462 g/mol. The molecule has 7 heteroatoms. The predicted octanol–water partition coefficient (Wildman–Crippen LogP) is 4.50. The minimum atomic E-state index is -0.163. The molecule has 1 aromatic carbocycles. The minimum absolute atomic E-state index is 0. The lowest BCUT2D eigenvalue weighted by Crippen LogP contribution is -2.38. The molecule has 0 bridgehead atoms. The van der Waals surface area contributed by atoms with E-state index in [2.05, 4.69) is 46.8 Å². The van der Waals surface area contributed by atoms with Crippen LogP contribution in [0.3, 0.4) is 0 Å². The van der Waals surface area contributed by atoms with E-state index in [4.69, 9.17) is 0 Å². The molecular formula is C19H28FIN4S. The average molecular weight is 490 g/mol. The van der Waals surface area contributed by atoms with Crippen LogP contribution in [0.15, 0.2) is 34.6 Å². The maximum Gasteiger partial charge on any atom is 0.191 e. The molecule has 26 heavy (non-hydrogen) atoms. The second-order valence-corrected chi connectivity index (χ2v) is 7.72. The van der Waals surface area contributed by atoms with E-state index < -0.39 is 0 Å². The van der Waals surface area contributed by atoms with Gasteiger partial charge in [-0.25, -0.2) is 14.4 Å². The molecule has 0 aliphatic heterocycles. The first-order valence-electron chi connectivity index (χ1n) is 8.60. The third kappa shape index (κ3) is 7.19. The fourth-order valence-electron chi connectivity index (χ4n) is 2.24. The van der Waals surface area contributed by atoms with Gasteiger partial charge in [0.1, 0.15) is 5.82 Å². The largest absolute Gasteiger partial charge is 0.357 e. The molecule has 0 spiro atoms. The highest BCUT2D eigenvalue weighted by molar-refractivity contribution is 14.0. The number of thiazole rings is 1. The molecule has 0 saturated carbocycles. The van der Waals surface area contributed by atoms with Crippen molar-refractivity contribution in [1.29, 1.82) is 0 Å². The van der Waals surface area contributed by atoms with Crippen LogP contribution in [0.2, 0.25) is 0 Å². The molecule has 0 atom stereocenters. The summed E-state index contributed by atoms with van der Waals surface area (Å²) >= 11 is 1.68. The molecule has 4 nitrogen and oxygen atoms in total. The van der Waals surface area contributed by atoms with Crippen molar-refractivity contribution < 1.29 is 4.39 Å². The average Bonchev–Trinajstić information content (AvgIpc) is 3.03. The van der Waals surface area contributed by atoms with Gasteiger partial charge in [0.15, 0.2) is 5.96 Å². The Morgan fingerprint density at radius 2 is 1.96 bits per heavy atom. The summed E-state index contributed by atoms with van der Waals surface area (Å²) < 4.78 is 13.6. The molecule has 0 fully saturated rings. The lowest BCUT2D eigenvalue weighted by atomic mass is 9.98. The van der Waals surface area contributed by atoms with E-state index in [-0.39, 0.29) is 35.2 Å². The number of nitrogens with zero attached hydrogens (tertiary/aromatic N) is 2. The summed E-state index contributed by atoms with van der Waals surface area (Å²) in [6.45, 7) is 10.4. The summed E-state index contributed by atoms with van der Waals surface area (Å²) in [7, 11) is 0. The van der Waals surface area contributed by atoms with Crippen molar-refractivity contribution in [2.24, 2.45) is 4.99 Å². The fourth-order valence-corrected chi connectivity index (χ4v) is 3.14. The van der Waals surface area contributed by atoms with Crippen molar-refractivity contribution in [2.45, 2.75) is 46.1 Å². The first kappa shape index (κ1) is 22.8. The molecule has 0 aliphatic rings. The maximum atomic E-state index is 13.6. The summed E-state index contributed by atoms with van der Waals surface area (Å²) in [5.41, 5.74) is 1.75. The maximum absolute atomic E-state index is 13.6. The van der Waals surface area contributed by atoms with Crippen molar-refractivity contribution in [3.05, 3.63) is 51.7 Å². The van der Waals surface area contributed by atoms with Gasteiger partial charge in [-0.2, -0.15) is 0 Å². The van der Waals surface area contributed by atoms with Crippen LogP contribution in [0.25, 0.3) is 0 Å². The number of nitrogens with one attached hydrogen (secondary N) is 2. The van der Waals surface area contributed by atoms with Crippen LogP contribution in [0.4, 0.5) is 4.39 Å². The van der Waals surface area contributed by atoms with Gasteiger partial charge in [-0.05, 0) is 25.0 Å². The Hall–Kier alpha value is -1.22. The second kappa shape index (κ2) is 10.8. The normalized spacial score (nSPS) is 11.8. The van der Waals surface area contributed by atoms with Crippen LogP contribution in [-0.4, -0.2) is 24.0 Å². The molecule has 1 aromatic heterocycles. The van der Waals surface area contributed by atoms with Crippen LogP contribution in [-0.2, 0) is 18.4 Å². The third-order valence-electron chi connectivity index (χ3n) is 3.58. The van der Waals surface area contributed by atoms with Crippen LogP contribution < -0.4 is 10.6 Å². The van der Waals surface area contributed by atoms with Crippen molar-refractivity contribution in [2.75, 3.05) is 13.1 Å². The lowest BCUT2D eigenvalue weighted by Gasteiger charge is -2.13. The Labute approximate surface area is 176 Å². The highest BCUT2D eigenvalue weighted by atomic mass is 127. The van der Waals surface area contributed by atoms with Gasteiger partial charge in [0.05, 0.1) is 17.2 Å². The zero-order chi connectivity index (χ0) is 18.3. The van der Waals surface area contributed by atoms with E-state index in [9.17, 15) is 4.39 Å². The molecule has 2 rings (SSSR count). The first-order chi connectivity index (χ1) is 11.9. The van der Waals surface area contributed by atoms with Crippen molar-refractivity contribution in [3.8, 4) is 0 Å². The minimum Gasteiger partial charge on any atom is -0.357 e. The summed E-state index contributed by atoms with van der Waals surface area (Å²) in [5, 5.41) is 9.65. The van der Waals surface area contributed by atoms with Crippen LogP contribution in [0.1, 0.15) is 44.0 Å². The molecule has 144 valence electrons. The highest BCUT2D eigenvalue weighted by Crippen LogP contribution is 2.25. The number of halogens is 2. The Morgan fingerprint density at radius 1 is 1.23 bits per heavy atom. The quantitative estimate of drug-likeness (QED) is 0.356. The van der Waals surface area contributed by atoms with E-state index in [0.717, 1.165) is 23.2 Å². The second-order valence-electron chi connectivity index (χ2n) is 6.86. The highest BCUT2D eigenvalue weighted by Gasteiger charge is 2.17. The first-order valence-corrected chi connectivity index (χ1v) is 9.48. The third-order valence-corrected chi connectivity index (χ3v) is 4.90. The monoisotopic (exact) mass is 490 g/mol. The zero-order valence-corrected chi connectivity index (χ0v) is 19.0. The number of hydrogen-bond acceptors (Lipinski definition) is 3. The topological polar surface area (TPSA) is 49.3 Å². The Balaban J connectivity index is 0.00000338. The van der Waals surface area contributed by atoms with Gasteiger partial charge in [0.25, 0.3) is 0 Å². The van der Waals surface area contributed by atoms with Gasteiger partial charge < -0.3 is 10.6 Å². The lowest BCUT2D eigenvalue weighted by molar-refractivity contribution is 0.583. The summed E-state index contributed by atoms with van der Waals surface area (Å²) in [4.78, 5) is 9.24. The van der Waals surface area contributed by atoms with E-state index in [1.807, 2.05) is 19.1 Å².